The first-order valence-electron chi connectivity index (χ1n) is 22.6. The van der Waals surface area contributed by atoms with Crippen LogP contribution in [0.3, 0.4) is 0 Å². The monoisotopic (exact) mass is 877 g/mol. The summed E-state index contributed by atoms with van der Waals surface area (Å²) in [7, 11) is 2.11. The lowest BCUT2D eigenvalue weighted by Crippen LogP contribution is -2.35. The van der Waals surface area contributed by atoms with E-state index < -0.39 is 0 Å². The number of hydrogen-bond donors (Lipinski definition) is 4. The van der Waals surface area contributed by atoms with E-state index in [9.17, 15) is 9.59 Å². The van der Waals surface area contributed by atoms with E-state index in [4.69, 9.17) is 22.6 Å². The molecule has 63 heavy (non-hydrogen) atoms. The Balaban J connectivity index is 0.896. The van der Waals surface area contributed by atoms with Gasteiger partial charge < -0.3 is 25.9 Å². The summed E-state index contributed by atoms with van der Waals surface area (Å²) in [5, 5.41) is 16.1. The van der Waals surface area contributed by atoms with E-state index in [1.54, 1.807) is 11.8 Å². The van der Waals surface area contributed by atoms with Crippen molar-refractivity contribution in [2.24, 2.45) is 5.92 Å². The second-order valence-electron chi connectivity index (χ2n) is 17.3. The highest BCUT2D eigenvalue weighted by Crippen LogP contribution is 2.38. The smallest absolute Gasteiger partial charge is 0.251 e. The van der Waals surface area contributed by atoms with E-state index in [0.29, 0.717) is 35.9 Å². The molecule has 0 spiro atoms. The van der Waals surface area contributed by atoms with Gasteiger partial charge in [0.1, 0.15) is 0 Å². The quantitative estimate of drug-likeness (QED) is 0.0277. The summed E-state index contributed by atoms with van der Waals surface area (Å²) in [6, 6.07) is 32.8. The van der Waals surface area contributed by atoms with Gasteiger partial charge in [-0.2, -0.15) is 0 Å². The minimum Gasteiger partial charge on any atom is -0.358 e. The van der Waals surface area contributed by atoms with Crippen LogP contribution in [0.25, 0.3) is 21.8 Å². The maximum atomic E-state index is 13.4. The molecule has 4 aromatic carbocycles. The number of pyridine rings is 2. The average molecular weight is 878 g/mol. The predicted molar refractivity (Wildman–Crippen MR) is 261 cm³/mol. The summed E-state index contributed by atoms with van der Waals surface area (Å²) in [6.07, 6.45) is 10.3. The third-order valence-electron chi connectivity index (χ3n) is 12.5. The van der Waals surface area contributed by atoms with Crippen LogP contribution in [0.4, 0.5) is 0 Å². The van der Waals surface area contributed by atoms with Crippen molar-refractivity contribution >= 4 is 63.8 Å². The number of benzene rings is 4. The first kappa shape index (κ1) is 44.4. The Morgan fingerprint density at radius 3 is 2.22 bits per heavy atom. The van der Waals surface area contributed by atoms with Gasteiger partial charge in [0.25, 0.3) is 11.8 Å². The molecule has 2 aromatic heterocycles. The third-order valence-corrected chi connectivity index (χ3v) is 14.1. The topological polar surface area (TPSA) is 117 Å². The van der Waals surface area contributed by atoms with Crippen molar-refractivity contribution in [2.45, 2.75) is 75.8 Å². The third kappa shape index (κ3) is 11.3. The van der Waals surface area contributed by atoms with Crippen molar-refractivity contribution in [3.8, 4) is 0 Å². The minimum absolute atomic E-state index is 0.0663. The standard InChI is InChI=1S/C52H59N7O2S2/c1-58(33-36-12-4-2-5-13-36)27-10-25-54-52(61)40-20-23-47-44(32-40)50(63-29-24-53)42-21-18-38(30-48(42)57-47)35-59(34-37-14-6-3-7-15-37)28-11-26-55-51(60)39-19-22-46-43(31-39)49(62)41-16-8-9-17-45(41)56-46/h2-7,12-15,19-20,22-24,31-32,38,53H,8-11,16-18,21,25-30,33-35H2,1H3,(H,54,61)(H,55,60)(H,56,62). The van der Waals surface area contributed by atoms with Gasteiger partial charge in [-0.25, -0.2) is 0 Å². The van der Waals surface area contributed by atoms with Gasteiger partial charge in [-0.15, -0.1) is 11.8 Å². The fraction of sp³-hybridized carbons (Fsp3) is 0.365. The number of aromatic nitrogens is 2. The van der Waals surface area contributed by atoms with E-state index in [1.807, 2.05) is 42.5 Å². The van der Waals surface area contributed by atoms with Crippen LogP contribution < -0.4 is 10.6 Å². The van der Waals surface area contributed by atoms with Gasteiger partial charge in [0, 0.05) is 94.9 Å². The molecule has 0 radical (unpaired) electrons. The van der Waals surface area contributed by atoms with Crippen molar-refractivity contribution < 1.29 is 9.59 Å². The highest BCUT2D eigenvalue weighted by molar-refractivity contribution is 8.00. The molecule has 1 atom stereocenters. The van der Waals surface area contributed by atoms with Gasteiger partial charge in [0.2, 0.25) is 0 Å². The molecule has 0 saturated carbocycles. The Labute approximate surface area is 381 Å². The zero-order valence-electron chi connectivity index (χ0n) is 36.4. The largest absolute Gasteiger partial charge is 0.358 e. The molecule has 6 aromatic rings. The van der Waals surface area contributed by atoms with Crippen LogP contribution in [0.5, 0.6) is 0 Å². The fourth-order valence-corrected chi connectivity index (χ4v) is 10.7. The number of amides is 2. The van der Waals surface area contributed by atoms with E-state index in [-0.39, 0.29) is 11.8 Å². The Bertz CT molecular complexity index is 2620. The van der Waals surface area contributed by atoms with Crippen molar-refractivity contribution in [1.82, 2.24) is 30.4 Å². The van der Waals surface area contributed by atoms with Crippen LogP contribution in [-0.4, -0.2) is 83.3 Å². The van der Waals surface area contributed by atoms with Crippen LogP contribution in [0.2, 0.25) is 0 Å². The number of hydrogen-bond acceptors (Lipinski definition) is 8. The summed E-state index contributed by atoms with van der Waals surface area (Å²) in [5.41, 5.74) is 10.6. The summed E-state index contributed by atoms with van der Waals surface area (Å²) in [6.45, 7) is 5.58. The van der Waals surface area contributed by atoms with Gasteiger partial charge >= 0.3 is 0 Å². The molecule has 2 aliphatic carbocycles. The summed E-state index contributed by atoms with van der Waals surface area (Å²) < 4.78 is 0.888. The lowest BCUT2D eigenvalue weighted by atomic mass is 9.85. The van der Waals surface area contributed by atoms with E-state index in [0.717, 1.165) is 121 Å². The van der Waals surface area contributed by atoms with E-state index in [1.165, 1.54) is 40.6 Å². The number of rotatable bonds is 19. The van der Waals surface area contributed by atoms with Crippen LogP contribution in [0.15, 0.2) is 102 Å². The lowest BCUT2D eigenvalue weighted by Gasteiger charge is -2.31. The molecule has 0 fully saturated rings. The molecular formula is C52H59N7O2S2. The molecule has 326 valence electrons. The van der Waals surface area contributed by atoms with E-state index in [2.05, 4.69) is 87.1 Å². The first-order chi connectivity index (χ1) is 30.8. The summed E-state index contributed by atoms with van der Waals surface area (Å²) in [5.74, 6) is 0.853. The van der Waals surface area contributed by atoms with Gasteiger partial charge in [0.15, 0.2) is 0 Å². The molecule has 2 aliphatic rings. The van der Waals surface area contributed by atoms with Crippen molar-refractivity contribution in [3.63, 3.8) is 0 Å². The number of carbonyl (C=O) groups is 2. The number of aromatic amines is 1. The van der Waals surface area contributed by atoms with Gasteiger partial charge in [-0.05, 0) is 136 Å². The molecule has 0 saturated heterocycles. The van der Waals surface area contributed by atoms with Crippen molar-refractivity contribution in [3.05, 3.63) is 146 Å². The molecule has 0 bridgehead atoms. The molecule has 1 unspecified atom stereocenters. The Morgan fingerprint density at radius 1 is 0.825 bits per heavy atom. The number of nitrogens with one attached hydrogen (secondary N) is 4. The second kappa shape index (κ2) is 21.5. The predicted octanol–water partition coefficient (Wildman–Crippen LogP) is 9.75. The molecule has 11 heteroatoms. The highest BCUT2D eigenvalue weighted by Gasteiger charge is 2.26. The zero-order valence-corrected chi connectivity index (χ0v) is 38.0. The molecule has 0 aliphatic heterocycles. The number of H-pyrrole nitrogens is 1. The van der Waals surface area contributed by atoms with Crippen LogP contribution in [0.1, 0.15) is 86.5 Å². The number of thioether (sulfide) groups is 1. The van der Waals surface area contributed by atoms with Crippen LogP contribution in [0, 0.1) is 15.8 Å². The molecule has 2 heterocycles. The van der Waals surface area contributed by atoms with Crippen molar-refractivity contribution in [1.29, 1.82) is 5.41 Å². The summed E-state index contributed by atoms with van der Waals surface area (Å²) >= 11 is 7.59. The molecular weight excluding hydrogens is 819 g/mol. The van der Waals surface area contributed by atoms with E-state index >= 15 is 0 Å². The zero-order chi connectivity index (χ0) is 43.5. The van der Waals surface area contributed by atoms with Gasteiger partial charge in [-0.1, -0.05) is 72.9 Å². The molecule has 8 rings (SSSR count). The number of aryl methyl sites for hydroxylation is 1. The number of fused-ring (bicyclic) bond motifs is 4. The maximum absolute atomic E-state index is 13.4. The number of carbonyl (C=O) groups excluding carboxylic acids is 2. The number of nitrogens with zero attached hydrogens (tertiary/aromatic N) is 3. The van der Waals surface area contributed by atoms with Gasteiger partial charge in [0.05, 0.1) is 10.0 Å². The lowest BCUT2D eigenvalue weighted by molar-refractivity contribution is 0.0943. The molecule has 2 amide bonds. The Morgan fingerprint density at radius 2 is 1.49 bits per heavy atom. The summed E-state index contributed by atoms with van der Waals surface area (Å²) in [4.78, 5) is 41.6. The molecule has 9 nitrogen and oxygen atoms in total. The van der Waals surface area contributed by atoms with Gasteiger partial charge in [-0.3, -0.25) is 19.5 Å². The Kier molecular flexibility index (Phi) is 15.1. The van der Waals surface area contributed by atoms with Crippen LogP contribution >= 0.6 is 24.0 Å². The molecule has 4 N–H and O–H groups in total. The average Bonchev–Trinajstić information content (AvgIpc) is 3.31. The highest BCUT2D eigenvalue weighted by atomic mass is 32.2. The maximum Gasteiger partial charge on any atom is 0.251 e. The minimum atomic E-state index is -0.0714. The second-order valence-corrected chi connectivity index (χ2v) is 18.7. The Hall–Kier alpha value is -5.20. The SMILES string of the molecule is CN(CCCNC(=O)c1ccc2nc3c(c(SCC=N)c2c1)CCC(CN(CCCNC(=O)c1ccc2[nH]c4c(c(=S)c2c1)CCCC4)Cc1ccccc1)C3)Cc1ccccc1. The fourth-order valence-electron chi connectivity index (χ4n) is 9.34. The first-order valence-corrected chi connectivity index (χ1v) is 24.0. The normalized spacial score (nSPS) is 14.7. The van der Waals surface area contributed by atoms with Crippen molar-refractivity contribution in [2.75, 3.05) is 45.5 Å². The van der Waals surface area contributed by atoms with Crippen LogP contribution in [-0.2, 0) is 38.8 Å².